The van der Waals surface area contributed by atoms with Crippen LogP contribution in [0.15, 0.2) is 65.6 Å². The fourth-order valence-corrected chi connectivity index (χ4v) is 4.92. The highest BCUT2D eigenvalue weighted by atomic mass is 32.2. The van der Waals surface area contributed by atoms with E-state index in [1.165, 1.54) is 25.6 Å². The molecule has 0 heterocycles. The van der Waals surface area contributed by atoms with Gasteiger partial charge in [-0.3, -0.25) is 0 Å². The molecule has 0 aliphatic rings. The van der Waals surface area contributed by atoms with Crippen LogP contribution in [0.25, 0.3) is 0 Å². The van der Waals surface area contributed by atoms with Gasteiger partial charge in [0, 0.05) is 30.3 Å². The number of hydrogen-bond donors (Lipinski definition) is 1. The summed E-state index contributed by atoms with van der Waals surface area (Å²) in [4.78, 5) is 0.179. The molecule has 0 saturated heterocycles. The van der Waals surface area contributed by atoms with Gasteiger partial charge in [-0.15, -0.1) is 0 Å². The molecule has 0 unspecified atom stereocenters. The molecule has 9 heteroatoms. The van der Waals surface area contributed by atoms with Crippen LogP contribution in [0.5, 0.6) is 23.0 Å². The minimum absolute atomic E-state index is 0.0176. The number of ether oxygens (including phenoxy) is 4. The van der Waals surface area contributed by atoms with E-state index in [-0.39, 0.29) is 18.0 Å². The Morgan fingerprint density at radius 2 is 1.39 bits per heavy atom. The number of rotatable bonds is 10. The number of nitrogens with zero attached hydrogens (tertiary/aromatic N) is 1. The van der Waals surface area contributed by atoms with E-state index in [1.54, 1.807) is 67.8 Å². The zero-order chi connectivity index (χ0) is 24.0. The summed E-state index contributed by atoms with van der Waals surface area (Å²) in [5.41, 5.74) is 7.76. The van der Waals surface area contributed by atoms with Gasteiger partial charge in [0.1, 0.15) is 28.7 Å². The van der Waals surface area contributed by atoms with Gasteiger partial charge in [0.05, 0.1) is 33.3 Å². The Hall–Kier alpha value is -3.43. The molecule has 0 atom stereocenters. The van der Waals surface area contributed by atoms with Crippen molar-refractivity contribution >= 4 is 15.7 Å². The fraction of sp³-hybridized carbons (Fsp3) is 0.250. The van der Waals surface area contributed by atoms with Crippen LogP contribution in [0.3, 0.4) is 0 Å². The minimum Gasteiger partial charge on any atom is -0.497 e. The van der Waals surface area contributed by atoms with Gasteiger partial charge < -0.3 is 24.7 Å². The lowest BCUT2D eigenvalue weighted by molar-refractivity contribution is 0.359. The summed E-state index contributed by atoms with van der Waals surface area (Å²) in [6.45, 7) is 0.0727. The number of methoxy groups -OCH3 is 4. The number of benzene rings is 3. The van der Waals surface area contributed by atoms with E-state index in [1.807, 2.05) is 0 Å². The van der Waals surface area contributed by atoms with Crippen molar-refractivity contribution in [1.82, 2.24) is 4.31 Å². The maximum Gasteiger partial charge on any atom is 0.243 e. The van der Waals surface area contributed by atoms with Crippen LogP contribution in [0.2, 0.25) is 0 Å². The van der Waals surface area contributed by atoms with Gasteiger partial charge in [-0.25, -0.2) is 8.42 Å². The van der Waals surface area contributed by atoms with Crippen molar-refractivity contribution in [1.29, 1.82) is 0 Å². The first-order valence-corrected chi connectivity index (χ1v) is 11.5. The van der Waals surface area contributed by atoms with E-state index in [4.69, 9.17) is 24.7 Å². The van der Waals surface area contributed by atoms with Crippen LogP contribution >= 0.6 is 0 Å². The van der Waals surface area contributed by atoms with Gasteiger partial charge in [-0.05, 0) is 24.3 Å². The normalized spacial score (nSPS) is 11.3. The van der Waals surface area contributed by atoms with Crippen molar-refractivity contribution in [3.8, 4) is 23.0 Å². The van der Waals surface area contributed by atoms with E-state index in [0.717, 1.165) is 0 Å². The number of nitrogens with two attached hydrogens (primary N) is 1. The molecule has 0 spiro atoms. The summed E-state index contributed by atoms with van der Waals surface area (Å²) >= 11 is 0. The zero-order valence-electron chi connectivity index (χ0n) is 19.1. The van der Waals surface area contributed by atoms with Crippen LogP contribution in [0, 0.1) is 0 Å². The predicted octanol–water partition coefficient (Wildman–Crippen LogP) is 3.69. The Kier molecular flexibility index (Phi) is 7.67. The van der Waals surface area contributed by atoms with Crippen molar-refractivity contribution in [3.63, 3.8) is 0 Å². The lowest BCUT2D eigenvalue weighted by Crippen LogP contribution is -2.30. The van der Waals surface area contributed by atoms with Crippen molar-refractivity contribution in [2.24, 2.45) is 0 Å². The maximum atomic E-state index is 13.6. The first-order chi connectivity index (χ1) is 15.8. The molecule has 33 heavy (non-hydrogen) atoms. The van der Waals surface area contributed by atoms with Crippen LogP contribution in [-0.4, -0.2) is 41.2 Å². The van der Waals surface area contributed by atoms with Crippen LogP contribution in [-0.2, 0) is 23.1 Å². The standard InChI is InChI=1S/C24H28N2O6S/c1-29-19-12-10-17(22(14-19)31-3)15-26(33(27,28)20-8-6-5-7-9-20)16-18-11-13-21(30-2)23(25)24(18)32-4/h5-14H,15-16,25H2,1-4H3. The van der Waals surface area contributed by atoms with Crippen molar-refractivity contribution < 1.29 is 27.4 Å². The molecule has 0 aromatic heterocycles. The Morgan fingerprint density at radius 1 is 0.758 bits per heavy atom. The van der Waals surface area contributed by atoms with E-state index in [9.17, 15) is 8.42 Å². The summed E-state index contributed by atoms with van der Waals surface area (Å²) in [6, 6.07) is 17.0. The van der Waals surface area contributed by atoms with Gasteiger partial charge in [0.15, 0.2) is 0 Å². The molecule has 3 rings (SSSR count). The van der Waals surface area contributed by atoms with Crippen molar-refractivity contribution in [3.05, 3.63) is 71.8 Å². The molecule has 3 aromatic carbocycles. The van der Waals surface area contributed by atoms with Gasteiger partial charge >= 0.3 is 0 Å². The van der Waals surface area contributed by atoms with Crippen LogP contribution in [0.4, 0.5) is 5.69 Å². The number of hydrogen-bond acceptors (Lipinski definition) is 7. The van der Waals surface area contributed by atoms with E-state index >= 15 is 0 Å². The third-order valence-corrected chi connectivity index (χ3v) is 7.04. The highest BCUT2D eigenvalue weighted by Gasteiger charge is 2.28. The van der Waals surface area contributed by atoms with E-state index < -0.39 is 10.0 Å². The SMILES string of the molecule is COc1ccc(CN(Cc2ccc(OC)c(N)c2OC)S(=O)(=O)c2ccccc2)c(OC)c1. The highest BCUT2D eigenvalue weighted by Crippen LogP contribution is 2.37. The predicted molar refractivity (Wildman–Crippen MR) is 126 cm³/mol. The first-order valence-electron chi connectivity index (χ1n) is 10.1. The van der Waals surface area contributed by atoms with E-state index in [0.29, 0.717) is 39.8 Å². The van der Waals surface area contributed by atoms with Gasteiger partial charge in [0.2, 0.25) is 10.0 Å². The fourth-order valence-electron chi connectivity index (χ4n) is 3.50. The molecule has 2 N–H and O–H groups in total. The number of anilines is 1. The topological polar surface area (TPSA) is 100 Å². The number of sulfonamides is 1. The maximum absolute atomic E-state index is 13.6. The molecule has 0 fully saturated rings. The monoisotopic (exact) mass is 472 g/mol. The van der Waals surface area contributed by atoms with Gasteiger partial charge in [-0.1, -0.05) is 30.3 Å². The number of nitrogen functional groups attached to an aromatic ring is 1. The third-order valence-electron chi connectivity index (χ3n) is 5.23. The quantitative estimate of drug-likeness (QED) is 0.449. The van der Waals surface area contributed by atoms with Gasteiger partial charge in [0.25, 0.3) is 0 Å². The summed E-state index contributed by atoms with van der Waals surface area (Å²) in [7, 11) is 2.20. The van der Waals surface area contributed by atoms with Crippen LogP contribution < -0.4 is 24.7 Å². The Labute approximate surface area is 194 Å². The summed E-state index contributed by atoms with van der Waals surface area (Å²) in [5, 5.41) is 0. The molecule has 0 aliphatic heterocycles. The minimum atomic E-state index is -3.87. The highest BCUT2D eigenvalue weighted by molar-refractivity contribution is 7.89. The Bertz CT molecular complexity index is 1200. The molecule has 0 bridgehead atoms. The zero-order valence-corrected chi connectivity index (χ0v) is 19.9. The average Bonchev–Trinajstić information content (AvgIpc) is 2.84. The van der Waals surface area contributed by atoms with Crippen molar-refractivity contribution in [2.45, 2.75) is 18.0 Å². The second-order valence-electron chi connectivity index (χ2n) is 7.14. The largest absolute Gasteiger partial charge is 0.497 e. The molecule has 8 nitrogen and oxygen atoms in total. The molecule has 176 valence electrons. The average molecular weight is 473 g/mol. The summed E-state index contributed by atoms with van der Waals surface area (Å²) in [5.74, 6) is 1.94. The Balaban J connectivity index is 2.09. The van der Waals surface area contributed by atoms with E-state index in [2.05, 4.69) is 0 Å². The van der Waals surface area contributed by atoms with Gasteiger partial charge in [-0.2, -0.15) is 4.31 Å². The van der Waals surface area contributed by atoms with Crippen LogP contribution in [0.1, 0.15) is 11.1 Å². The molecular weight excluding hydrogens is 444 g/mol. The third kappa shape index (κ3) is 5.15. The summed E-state index contributed by atoms with van der Waals surface area (Å²) in [6.07, 6.45) is 0. The first kappa shape index (κ1) is 24.2. The second-order valence-corrected chi connectivity index (χ2v) is 9.08. The second kappa shape index (κ2) is 10.5. The Morgan fingerprint density at radius 3 is 2.00 bits per heavy atom. The lowest BCUT2D eigenvalue weighted by atomic mass is 10.1. The molecule has 0 saturated carbocycles. The molecule has 0 aliphatic carbocycles. The molecule has 0 amide bonds. The summed E-state index contributed by atoms with van der Waals surface area (Å²) < 4.78 is 50.1. The lowest BCUT2D eigenvalue weighted by Gasteiger charge is -2.25. The molecule has 0 radical (unpaired) electrons. The molecular formula is C24H28N2O6S. The molecule has 3 aromatic rings. The van der Waals surface area contributed by atoms with Crippen molar-refractivity contribution in [2.75, 3.05) is 34.2 Å². The smallest absolute Gasteiger partial charge is 0.243 e.